The van der Waals surface area contributed by atoms with Gasteiger partial charge in [0.25, 0.3) is 5.69 Å². The highest BCUT2D eigenvalue weighted by molar-refractivity contribution is 7.16. The molecular weight excluding hydrogens is 312 g/mol. The van der Waals surface area contributed by atoms with Gasteiger partial charge in [-0.05, 0) is 19.1 Å². The van der Waals surface area contributed by atoms with Crippen molar-refractivity contribution in [3.05, 3.63) is 69.0 Å². The van der Waals surface area contributed by atoms with Crippen LogP contribution in [0.2, 0.25) is 0 Å². The van der Waals surface area contributed by atoms with E-state index in [1.807, 2.05) is 35.9 Å². The number of nitro groups is 1. The van der Waals surface area contributed by atoms with Crippen molar-refractivity contribution in [2.45, 2.75) is 6.92 Å². The fraction of sp³-hybridized carbons (Fsp3) is 0.125. The molecule has 0 radical (unpaired) electrons. The molecule has 0 spiro atoms. The van der Waals surface area contributed by atoms with Gasteiger partial charge in [-0.3, -0.25) is 10.1 Å². The highest BCUT2D eigenvalue weighted by Crippen LogP contribution is 2.16. The third-order valence-corrected chi connectivity index (χ3v) is 4.58. The SMILES string of the molecule is C/C(=N\N=c1/sc2ccccc2n1C)c1cccc([N+](=O)[O-])c1. The van der Waals surface area contributed by atoms with E-state index in [-0.39, 0.29) is 5.69 Å². The molecule has 3 aromatic rings. The minimum atomic E-state index is -0.417. The summed E-state index contributed by atoms with van der Waals surface area (Å²) in [6, 6.07) is 14.4. The van der Waals surface area contributed by atoms with E-state index in [0.717, 1.165) is 15.0 Å². The van der Waals surface area contributed by atoms with Gasteiger partial charge in [0.15, 0.2) is 0 Å². The number of nitrogens with zero attached hydrogens (tertiary/aromatic N) is 4. The number of benzene rings is 2. The molecule has 0 unspecified atom stereocenters. The topological polar surface area (TPSA) is 72.8 Å². The van der Waals surface area contributed by atoms with Crippen molar-refractivity contribution in [1.29, 1.82) is 0 Å². The Hall–Kier alpha value is -2.80. The highest BCUT2D eigenvalue weighted by atomic mass is 32.1. The van der Waals surface area contributed by atoms with Crippen LogP contribution in [0.5, 0.6) is 0 Å². The van der Waals surface area contributed by atoms with Crippen molar-refractivity contribution >= 4 is 33.0 Å². The third-order valence-electron chi connectivity index (χ3n) is 3.48. The molecule has 0 aliphatic rings. The molecule has 23 heavy (non-hydrogen) atoms. The molecule has 0 aliphatic carbocycles. The van der Waals surface area contributed by atoms with E-state index in [2.05, 4.69) is 10.2 Å². The molecule has 7 heteroatoms. The van der Waals surface area contributed by atoms with Crippen LogP contribution >= 0.6 is 11.3 Å². The van der Waals surface area contributed by atoms with Gasteiger partial charge >= 0.3 is 0 Å². The molecule has 0 aliphatic heterocycles. The number of nitro benzene ring substituents is 1. The molecule has 3 rings (SSSR count). The average Bonchev–Trinajstić information content (AvgIpc) is 2.89. The zero-order chi connectivity index (χ0) is 16.4. The van der Waals surface area contributed by atoms with E-state index in [0.29, 0.717) is 11.3 Å². The minimum absolute atomic E-state index is 0.0458. The lowest BCUT2D eigenvalue weighted by Gasteiger charge is -1.98. The fourth-order valence-electron chi connectivity index (χ4n) is 2.20. The van der Waals surface area contributed by atoms with Crippen LogP contribution in [0.4, 0.5) is 5.69 Å². The Balaban J connectivity index is 2.01. The van der Waals surface area contributed by atoms with Gasteiger partial charge in [0.05, 0.1) is 20.9 Å². The zero-order valence-electron chi connectivity index (χ0n) is 12.6. The van der Waals surface area contributed by atoms with Gasteiger partial charge in [0, 0.05) is 24.7 Å². The molecule has 6 nitrogen and oxygen atoms in total. The summed E-state index contributed by atoms with van der Waals surface area (Å²) in [6.07, 6.45) is 0. The summed E-state index contributed by atoms with van der Waals surface area (Å²) in [6.45, 7) is 1.79. The number of aryl methyl sites for hydroxylation is 1. The molecule has 0 bridgehead atoms. The first-order chi connectivity index (χ1) is 11.1. The normalized spacial score (nSPS) is 12.8. The van der Waals surface area contributed by atoms with Crippen LogP contribution in [-0.2, 0) is 7.05 Å². The van der Waals surface area contributed by atoms with Crippen molar-refractivity contribution in [2.75, 3.05) is 0 Å². The van der Waals surface area contributed by atoms with Gasteiger partial charge in [0.1, 0.15) is 0 Å². The highest BCUT2D eigenvalue weighted by Gasteiger charge is 2.07. The summed E-state index contributed by atoms with van der Waals surface area (Å²) in [5.41, 5.74) is 2.46. The number of para-hydroxylation sites is 1. The van der Waals surface area contributed by atoms with Crippen molar-refractivity contribution in [1.82, 2.24) is 4.57 Å². The van der Waals surface area contributed by atoms with Crippen molar-refractivity contribution in [3.63, 3.8) is 0 Å². The van der Waals surface area contributed by atoms with Gasteiger partial charge in [-0.1, -0.05) is 35.6 Å². The lowest BCUT2D eigenvalue weighted by Crippen LogP contribution is -2.09. The van der Waals surface area contributed by atoms with Crippen molar-refractivity contribution in [2.24, 2.45) is 17.3 Å². The second kappa shape index (κ2) is 6.13. The molecule has 0 saturated heterocycles. The summed E-state index contributed by atoms with van der Waals surface area (Å²) in [5.74, 6) is 0. The number of non-ortho nitro benzene ring substituents is 1. The van der Waals surface area contributed by atoms with Gasteiger partial charge in [-0.2, -0.15) is 5.10 Å². The maximum atomic E-state index is 10.8. The maximum absolute atomic E-state index is 10.8. The van der Waals surface area contributed by atoms with Crippen LogP contribution in [0.15, 0.2) is 58.7 Å². The van der Waals surface area contributed by atoms with Crippen molar-refractivity contribution in [3.8, 4) is 0 Å². The number of hydrogen-bond acceptors (Lipinski definition) is 5. The van der Waals surface area contributed by atoms with Crippen LogP contribution in [0, 0.1) is 10.1 Å². The molecule has 0 N–H and O–H groups in total. The van der Waals surface area contributed by atoms with Crippen LogP contribution in [-0.4, -0.2) is 15.2 Å². The molecule has 2 aromatic carbocycles. The smallest absolute Gasteiger partial charge is 0.270 e. The van der Waals surface area contributed by atoms with Crippen LogP contribution in [0.1, 0.15) is 12.5 Å². The summed E-state index contributed by atoms with van der Waals surface area (Å²) in [7, 11) is 1.94. The van der Waals surface area contributed by atoms with E-state index in [9.17, 15) is 10.1 Å². The third kappa shape index (κ3) is 3.04. The monoisotopic (exact) mass is 326 g/mol. The lowest BCUT2D eigenvalue weighted by atomic mass is 10.1. The molecule has 116 valence electrons. The number of fused-ring (bicyclic) bond motifs is 1. The zero-order valence-corrected chi connectivity index (χ0v) is 13.4. The minimum Gasteiger partial charge on any atom is -0.318 e. The molecule has 0 fully saturated rings. The fourth-order valence-corrected chi connectivity index (χ4v) is 3.17. The molecular formula is C16H14N4O2S. The first-order valence-corrected chi connectivity index (χ1v) is 7.75. The van der Waals surface area contributed by atoms with E-state index < -0.39 is 4.92 Å². The Morgan fingerprint density at radius 2 is 2.00 bits per heavy atom. The Labute approximate surface area is 136 Å². The number of hydrogen-bond donors (Lipinski definition) is 0. The molecule has 0 atom stereocenters. The predicted molar refractivity (Wildman–Crippen MR) is 91.7 cm³/mol. The molecule has 0 saturated carbocycles. The number of aromatic nitrogens is 1. The standard InChI is InChI=1S/C16H14N4O2S/c1-11(12-6-5-7-13(10-12)20(21)22)17-18-16-19(2)14-8-3-4-9-15(14)23-16/h3-10H,1-2H3/b17-11+,18-16-. The van der Waals surface area contributed by atoms with Gasteiger partial charge < -0.3 is 4.57 Å². The quantitative estimate of drug-likeness (QED) is 0.420. The van der Waals surface area contributed by atoms with Gasteiger partial charge in [0.2, 0.25) is 4.80 Å². The largest absolute Gasteiger partial charge is 0.318 e. The van der Waals surface area contributed by atoms with E-state index in [4.69, 9.17) is 0 Å². The van der Waals surface area contributed by atoms with Crippen LogP contribution in [0.25, 0.3) is 10.2 Å². The van der Waals surface area contributed by atoms with Gasteiger partial charge in [-0.25, -0.2) is 0 Å². The predicted octanol–water partition coefficient (Wildman–Crippen LogP) is 3.47. The molecule has 1 aromatic heterocycles. The van der Waals surface area contributed by atoms with E-state index in [1.54, 1.807) is 30.4 Å². The van der Waals surface area contributed by atoms with E-state index in [1.165, 1.54) is 12.1 Å². The summed E-state index contributed by atoms with van der Waals surface area (Å²) in [5, 5.41) is 19.4. The average molecular weight is 326 g/mol. The summed E-state index contributed by atoms with van der Waals surface area (Å²) < 4.78 is 3.11. The van der Waals surface area contributed by atoms with Gasteiger partial charge in [-0.15, -0.1) is 5.10 Å². The summed E-state index contributed by atoms with van der Waals surface area (Å²) >= 11 is 1.55. The maximum Gasteiger partial charge on any atom is 0.270 e. The van der Waals surface area contributed by atoms with Crippen LogP contribution in [0.3, 0.4) is 0 Å². The Bertz CT molecular complexity index is 985. The Morgan fingerprint density at radius 3 is 2.74 bits per heavy atom. The Morgan fingerprint density at radius 1 is 1.22 bits per heavy atom. The molecule has 1 heterocycles. The van der Waals surface area contributed by atoms with Crippen molar-refractivity contribution < 1.29 is 4.92 Å². The second-order valence-corrected chi connectivity index (χ2v) is 6.01. The molecule has 0 amide bonds. The number of thiazole rings is 1. The second-order valence-electron chi connectivity index (χ2n) is 5.00. The summed E-state index contributed by atoms with van der Waals surface area (Å²) in [4.78, 5) is 11.2. The lowest BCUT2D eigenvalue weighted by molar-refractivity contribution is -0.384. The van der Waals surface area contributed by atoms with E-state index >= 15 is 0 Å². The first kappa shape index (κ1) is 15.1. The van der Waals surface area contributed by atoms with Crippen LogP contribution < -0.4 is 4.80 Å². The Kier molecular flexibility index (Phi) is 4.03. The number of rotatable bonds is 3. The first-order valence-electron chi connectivity index (χ1n) is 6.94.